The van der Waals surface area contributed by atoms with E-state index in [2.05, 4.69) is 82.8 Å². The van der Waals surface area contributed by atoms with Gasteiger partial charge in [-0.25, -0.2) is 4.79 Å². The van der Waals surface area contributed by atoms with Crippen LogP contribution in [0.4, 0.5) is 0 Å². The summed E-state index contributed by atoms with van der Waals surface area (Å²) in [6, 6.07) is 29.3. The normalized spacial score (nSPS) is 11.4. The average Bonchev–Trinajstić information content (AvgIpc) is 3.85. The molecule has 294 valence electrons. The molecule has 0 fully saturated rings. The molecule has 0 aliphatic heterocycles. The van der Waals surface area contributed by atoms with Crippen LogP contribution in [0.1, 0.15) is 88.5 Å². The zero-order valence-electron chi connectivity index (χ0n) is 33.5. The van der Waals surface area contributed by atoms with Gasteiger partial charge in [0.15, 0.2) is 6.79 Å². The molecule has 0 spiro atoms. The third-order valence-electron chi connectivity index (χ3n) is 10.3. The average molecular weight is 757 g/mol. The molecule has 6 rings (SSSR count). The standard InChI is InChI=1S/C49H56O7/c1-6-11-13-15-34-17-23-43(36(8-3)25-34)47-27-38-19-21-40(29-45(38)55-47)51-31-42(53-33-54-49(50)10-5)32-52-41-22-20-39-28-48(56-46(39)30-41)44-24-18-35(16-14-12-7-2)26-37(44)9-4/h10,17-30,42H,5-9,11-16,31-33H2,1-4H3. The first-order valence-electron chi connectivity index (χ1n) is 20.4. The highest BCUT2D eigenvalue weighted by Gasteiger charge is 2.17. The number of ether oxygens (including phenoxy) is 4. The second kappa shape index (κ2) is 20.1. The topological polar surface area (TPSA) is 80.3 Å². The van der Waals surface area contributed by atoms with Gasteiger partial charge in [-0.15, -0.1) is 0 Å². The monoisotopic (exact) mass is 756 g/mol. The van der Waals surface area contributed by atoms with Gasteiger partial charge in [-0.05, 0) is 97.2 Å². The highest BCUT2D eigenvalue weighted by molar-refractivity contribution is 5.85. The van der Waals surface area contributed by atoms with E-state index in [1.807, 2.05) is 36.4 Å². The van der Waals surface area contributed by atoms with E-state index < -0.39 is 12.1 Å². The molecule has 0 atom stereocenters. The molecule has 0 saturated heterocycles. The summed E-state index contributed by atoms with van der Waals surface area (Å²) in [4.78, 5) is 11.7. The molecule has 56 heavy (non-hydrogen) atoms. The lowest BCUT2D eigenvalue weighted by Gasteiger charge is -2.19. The van der Waals surface area contributed by atoms with Crippen molar-refractivity contribution in [1.29, 1.82) is 0 Å². The molecule has 2 aromatic heterocycles. The van der Waals surface area contributed by atoms with Gasteiger partial charge < -0.3 is 27.8 Å². The van der Waals surface area contributed by atoms with Gasteiger partial charge >= 0.3 is 5.97 Å². The van der Waals surface area contributed by atoms with Crippen LogP contribution in [0.2, 0.25) is 0 Å². The number of esters is 1. The molecule has 0 aliphatic rings. The number of furan rings is 2. The number of aryl methyl sites for hydroxylation is 4. The smallest absolute Gasteiger partial charge is 0.332 e. The van der Waals surface area contributed by atoms with Crippen molar-refractivity contribution < 1.29 is 32.6 Å². The Hall–Kier alpha value is -5.27. The molecule has 0 radical (unpaired) electrons. The summed E-state index contributed by atoms with van der Waals surface area (Å²) in [6.07, 6.45) is 11.9. The number of hydrogen-bond acceptors (Lipinski definition) is 7. The number of carbonyl (C=O) groups excluding carboxylic acids is 1. The Bertz CT molecular complexity index is 2060. The maximum absolute atomic E-state index is 11.7. The largest absolute Gasteiger partial charge is 0.491 e. The molecule has 0 saturated carbocycles. The molecule has 0 unspecified atom stereocenters. The molecule has 2 heterocycles. The molecule has 0 amide bonds. The van der Waals surface area contributed by atoms with Crippen molar-refractivity contribution in [1.82, 2.24) is 0 Å². The minimum absolute atomic E-state index is 0.144. The first-order chi connectivity index (χ1) is 27.4. The van der Waals surface area contributed by atoms with Gasteiger partial charge in [0, 0.05) is 40.1 Å². The number of unbranched alkanes of at least 4 members (excludes halogenated alkanes) is 4. The first kappa shape index (κ1) is 40.4. The molecule has 0 N–H and O–H groups in total. The fourth-order valence-corrected chi connectivity index (χ4v) is 7.07. The summed E-state index contributed by atoms with van der Waals surface area (Å²) in [6.45, 7) is 12.3. The van der Waals surface area contributed by atoms with E-state index in [4.69, 9.17) is 27.8 Å². The van der Waals surface area contributed by atoms with Crippen LogP contribution < -0.4 is 9.47 Å². The van der Waals surface area contributed by atoms with Gasteiger partial charge in [0.2, 0.25) is 0 Å². The Morgan fingerprint density at radius 2 is 1.14 bits per heavy atom. The fourth-order valence-electron chi connectivity index (χ4n) is 7.07. The van der Waals surface area contributed by atoms with Crippen LogP contribution in [0.25, 0.3) is 44.6 Å². The van der Waals surface area contributed by atoms with E-state index >= 15 is 0 Å². The van der Waals surface area contributed by atoms with Crippen LogP contribution in [0.5, 0.6) is 11.5 Å². The van der Waals surface area contributed by atoms with Gasteiger partial charge in [0.25, 0.3) is 0 Å². The molecule has 4 aromatic carbocycles. The first-order valence-corrected chi connectivity index (χ1v) is 20.4. The van der Waals surface area contributed by atoms with Crippen molar-refractivity contribution in [2.75, 3.05) is 20.0 Å². The Morgan fingerprint density at radius 1 is 0.643 bits per heavy atom. The zero-order valence-corrected chi connectivity index (χ0v) is 33.5. The zero-order chi connectivity index (χ0) is 39.3. The van der Waals surface area contributed by atoms with E-state index in [0.717, 1.165) is 76.3 Å². The van der Waals surface area contributed by atoms with E-state index in [1.54, 1.807) is 0 Å². The van der Waals surface area contributed by atoms with Gasteiger partial charge in [-0.1, -0.05) is 96.4 Å². The third kappa shape index (κ3) is 10.5. The highest BCUT2D eigenvalue weighted by atomic mass is 16.7. The Kier molecular flexibility index (Phi) is 14.5. The van der Waals surface area contributed by atoms with Gasteiger partial charge in [0.1, 0.15) is 53.5 Å². The van der Waals surface area contributed by atoms with Crippen molar-refractivity contribution >= 4 is 27.9 Å². The predicted octanol–water partition coefficient (Wildman–Crippen LogP) is 12.6. The van der Waals surface area contributed by atoms with E-state index in [-0.39, 0.29) is 20.0 Å². The van der Waals surface area contributed by atoms with Crippen LogP contribution in [0.3, 0.4) is 0 Å². The van der Waals surface area contributed by atoms with Crippen LogP contribution in [-0.2, 0) is 40.0 Å². The number of carbonyl (C=O) groups is 1. The Morgan fingerprint density at radius 3 is 1.59 bits per heavy atom. The van der Waals surface area contributed by atoms with Crippen molar-refractivity contribution in [3.63, 3.8) is 0 Å². The molecule has 0 aliphatic carbocycles. The lowest BCUT2D eigenvalue weighted by atomic mass is 9.97. The minimum Gasteiger partial charge on any atom is -0.491 e. The Balaban J connectivity index is 1.12. The summed E-state index contributed by atoms with van der Waals surface area (Å²) in [5.74, 6) is 2.37. The lowest BCUT2D eigenvalue weighted by molar-refractivity contribution is -0.158. The van der Waals surface area contributed by atoms with Crippen molar-refractivity contribution in [2.24, 2.45) is 0 Å². The molecule has 7 heteroatoms. The molecular weight excluding hydrogens is 701 g/mol. The van der Waals surface area contributed by atoms with Crippen molar-refractivity contribution in [3.8, 4) is 34.1 Å². The maximum atomic E-state index is 11.7. The molecule has 0 bridgehead atoms. The quantitative estimate of drug-likeness (QED) is 0.0295. The van der Waals surface area contributed by atoms with E-state index in [1.165, 1.54) is 60.8 Å². The summed E-state index contributed by atoms with van der Waals surface area (Å²) in [7, 11) is 0. The van der Waals surface area contributed by atoms with Crippen LogP contribution >= 0.6 is 0 Å². The number of hydrogen-bond donors (Lipinski definition) is 0. The highest BCUT2D eigenvalue weighted by Crippen LogP contribution is 2.35. The molecule has 6 aromatic rings. The van der Waals surface area contributed by atoms with Gasteiger partial charge in [-0.2, -0.15) is 0 Å². The van der Waals surface area contributed by atoms with Crippen molar-refractivity contribution in [2.45, 2.75) is 98.0 Å². The van der Waals surface area contributed by atoms with Crippen LogP contribution in [0, 0.1) is 0 Å². The Labute approximate surface area is 331 Å². The lowest BCUT2D eigenvalue weighted by Crippen LogP contribution is -2.30. The summed E-state index contributed by atoms with van der Waals surface area (Å²) in [5, 5.41) is 1.99. The van der Waals surface area contributed by atoms with Crippen molar-refractivity contribution in [3.05, 3.63) is 120 Å². The SMILES string of the molecule is C=CC(=O)OCOC(COc1ccc2cc(-c3ccc(CCCCC)cc3CC)oc2c1)COc1ccc2cc(-c3ccc(CCCCC)cc3CC)oc2c1. The van der Waals surface area contributed by atoms with E-state index in [9.17, 15) is 4.79 Å². The second-order valence-corrected chi connectivity index (χ2v) is 14.4. The second-order valence-electron chi connectivity index (χ2n) is 14.4. The molecular formula is C49H56O7. The van der Waals surface area contributed by atoms with Gasteiger partial charge in [-0.3, -0.25) is 0 Å². The molecule has 7 nitrogen and oxygen atoms in total. The number of rotatable bonds is 22. The minimum atomic E-state index is -0.571. The van der Waals surface area contributed by atoms with Gasteiger partial charge in [0.05, 0.1) is 0 Å². The van der Waals surface area contributed by atoms with Crippen LogP contribution in [0.15, 0.2) is 106 Å². The predicted molar refractivity (Wildman–Crippen MR) is 226 cm³/mol. The van der Waals surface area contributed by atoms with E-state index in [0.29, 0.717) is 11.5 Å². The number of fused-ring (bicyclic) bond motifs is 2. The maximum Gasteiger partial charge on any atom is 0.332 e. The summed E-state index contributed by atoms with van der Waals surface area (Å²) in [5.41, 5.74) is 9.03. The summed E-state index contributed by atoms with van der Waals surface area (Å²) >= 11 is 0. The number of benzene rings is 4. The third-order valence-corrected chi connectivity index (χ3v) is 10.3. The fraction of sp³-hybridized carbons (Fsp3) is 0.367. The van der Waals surface area contributed by atoms with Crippen LogP contribution in [-0.4, -0.2) is 32.1 Å². The summed E-state index contributed by atoms with van der Waals surface area (Å²) < 4.78 is 36.2.